The van der Waals surface area contributed by atoms with Crippen molar-refractivity contribution in [3.8, 4) is 0 Å². The third-order valence-electron chi connectivity index (χ3n) is 3.64. The molecule has 0 radical (unpaired) electrons. The van der Waals surface area contributed by atoms with E-state index < -0.39 is 10.2 Å². The van der Waals surface area contributed by atoms with E-state index in [1.807, 2.05) is 11.8 Å². The first-order chi connectivity index (χ1) is 9.60. The van der Waals surface area contributed by atoms with Gasteiger partial charge in [0, 0.05) is 26.2 Å². The molecule has 0 amide bonds. The minimum atomic E-state index is -3.36. The zero-order valence-corrected chi connectivity index (χ0v) is 14.0. The molecule has 0 spiro atoms. The molecule has 1 unspecified atom stereocenters. The maximum absolute atomic E-state index is 12.1. The molecule has 1 aliphatic rings. The Bertz CT molecular complexity index is 350. The monoisotopic (exact) mass is 324 g/mol. The number of hydrogen-bond donors (Lipinski definition) is 2. The van der Waals surface area contributed by atoms with E-state index >= 15 is 0 Å². The number of aliphatic hydroxyl groups excluding tert-OH is 1. The summed E-state index contributed by atoms with van der Waals surface area (Å²) in [5.41, 5.74) is 0. The highest BCUT2D eigenvalue weighted by Crippen LogP contribution is 2.17. The third-order valence-corrected chi connectivity index (χ3v) is 5.92. The lowest BCUT2D eigenvalue weighted by Gasteiger charge is -2.30. The number of unbranched alkanes of at least 4 members (excludes halogenated alkanes) is 3. The molecular formula is C13H28N2O3S2. The Labute approximate surface area is 127 Å². The molecule has 1 rings (SSSR count). The third kappa shape index (κ3) is 6.76. The fourth-order valence-corrected chi connectivity index (χ4v) is 4.27. The summed E-state index contributed by atoms with van der Waals surface area (Å²) in [5, 5.41) is 9.15. The van der Waals surface area contributed by atoms with E-state index in [-0.39, 0.29) is 12.5 Å². The molecule has 1 fully saturated rings. The van der Waals surface area contributed by atoms with Crippen LogP contribution in [0.3, 0.4) is 0 Å². The molecule has 120 valence electrons. The number of hydrogen-bond acceptors (Lipinski definition) is 4. The molecule has 0 aromatic rings. The lowest BCUT2D eigenvalue weighted by molar-refractivity contribution is 0.165. The molecule has 0 bridgehead atoms. The van der Waals surface area contributed by atoms with Crippen LogP contribution in [-0.4, -0.2) is 56.1 Å². The normalized spacial score (nSPS) is 21.2. The molecule has 2 N–H and O–H groups in total. The molecule has 5 nitrogen and oxygen atoms in total. The van der Waals surface area contributed by atoms with E-state index in [0.717, 1.165) is 25.7 Å². The van der Waals surface area contributed by atoms with Gasteiger partial charge in [-0.05, 0) is 43.6 Å². The molecule has 1 aliphatic heterocycles. The van der Waals surface area contributed by atoms with Gasteiger partial charge in [0.1, 0.15) is 0 Å². The summed E-state index contributed by atoms with van der Waals surface area (Å²) < 4.78 is 28.4. The summed E-state index contributed by atoms with van der Waals surface area (Å²) in [6.45, 7) is 1.60. The minimum Gasteiger partial charge on any atom is -0.396 e. The van der Waals surface area contributed by atoms with Gasteiger partial charge in [0.05, 0.1) is 0 Å². The SMILES string of the molecule is CSCCCCCCNS(=O)(=O)N1CCCC(CO)C1. The number of aliphatic hydroxyl groups is 1. The predicted octanol–water partition coefficient (Wildman–Crippen LogP) is 1.45. The fraction of sp³-hybridized carbons (Fsp3) is 1.00. The van der Waals surface area contributed by atoms with Crippen LogP contribution in [0.25, 0.3) is 0 Å². The summed E-state index contributed by atoms with van der Waals surface area (Å²) in [4.78, 5) is 0. The van der Waals surface area contributed by atoms with Crippen LogP contribution in [0.15, 0.2) is 0 Å². The maximum Gasteiger partial charge on any atom is 0.279 e. The van der Waals surface area contributed by atoms with Gasteiger partial charge in [-0.15, -0.1) is 0 Å². The topological polar surface area (TPSA) is 69.6 Å². The van der Waals surface area contributed by atoms with Crippen molar-refractivity contribution in [3.63, 3.8) is 0 Å². The van der Waals surface area contributed by atoms with E-state index in [4.69, 9.17) is 5.11 Å². The number of nitrogens with one attached hydrogen (secondary N) is 1. The zero-order chi connectivity index (χ0) is 14.8. The first-order valence-corrected chi connectivity index (χ1v) is 10.3. The molecule has 1 saturated heterocycles. The molecule has 0 aromatic carbocycles. The molecule has 0 saturated carbocycles. The number of piperidine rings is 1. The van der Waals surface area contributed by atoms with Crippen molar-refractivity contribution >= 4 is 22.0 Å². The van der Waals surface area contributed by atoms with Crippen LogP contribution in [0, 0.1) is 5.92 Å². The Balaban J connectivity index is 2.20. The van der Waals surface area contributed by atoms with Crippen molar-refractivity contribution in [1.29, 1.82) is 0 Å². The first kappa shape index (κ1) is 18.2. The second-order valence-electron chi connectivity index (χ2n) is 5.36. The van der Waals surface area contributed by atoms with E-state index in [0.29, 0.717) is 19.6 Å². The van der Waals surface area contributed by atoms with E-state index in [1.54, 1.807) is 0 Å². The predicted molar refractivity (Wildman–Crippen MR) is 85.2 cm³/mol. The van der Waals surface area contributed by atoms with Crippen LogP contribution in [-0.2, 0) is 10.2 Å². The Morgan fingerprint density at radius 2 is 2.05 bits per heavy atom. The van der Waals surface area contributed by atoms with Crippen molar-refractivity contribution < 1.29 is 13.5 Å². The number of thioether (sulfide) groups is 1. The Kier molecular flexibility index (Phi) is 9.11. The van der Waals surface area contributed by atoms with Gasteiger partial charge in [-0.25, -0.2) is 4.72 Å². The van der Waals surface area contributed by atoms with Crippen LogP contribution in [0.1, 0.15) is 38.5 Å². The lowest BCUT2D eigenvalue weighted by atomic mass is 10.0. The summed E-state index contributed by atoms with van der Waals surface area (Å²) in [6.07, 6.45) is 8.19. The van der Waals surface area contributed by atoms with E-state index in [1.165, 1.54) is 22.9 Å². The van der Waals surface area contributed by atoms with Crippen LogP contribution >= 0.6 is 11.8 Å². The number of rotatable bonds is 10. The molecule has 0 aromatic heterocycles. The van der Waals surface area contributed by atoms with Gasteiger partial charge < -0.3 is 5.11 Å². The van der Waals surface area contributed by atoms with Crippen LogP contribution in [0.2, 0.25) is 0 Å². The fourth-order valence-electron chi connectivity index (χ4n) is 2.41. The smallest absolute Gasteiger partial charge is 0.279 e. The summed E-state index contributed by atoms with van der Waals surface area (Å²) in [6, 6.07) is 0. The van der Waals surface area contributed by atoms with Crippen LogP contribution in [0.4, 0.5) is 0 Å². The first-order valence-electron chi connectivity index (χ1n) is 7.44. The van der Waals surface area contributed by atoms with Crippen molar-refractivity contribution in [2.24, 2.45) is 5.92 Å². The van der Waals surface area contributed by atoms with Gasteiger partial charge in [0.15, 0.2) is 0 Å². The summed E-state index contributed by atoms with van der Waals surface area (Å²) in [5.74, 6) is 1.27. The largest absolute Gasteiger partial charge is 0.396 e. The maximum atomic E-state index is 12.1. The van der Waals surface area contributed by atoms with Crippen molar-refractivity contribution in [2.45, 2.75) is 38.5 Å². The Hall–Kier alpha value is 0.180. The Morgan fingerprint density at radius 1 is 1.30 bits per heavy atom. The van der Waals surface area contributed by atoms with Gasteiger partial charge in [-0.3, -0.25) is 0 Å². The minimum absolute atomic E-state index is 0.0709. The van der Waals surface area contributed by atoms with Crippen molar-refractivity contribution in [1.82, 2.24) is 9.03 Å². The van der Waals surface area contributed by atoms with Crippen LogP contribution < -0.4 is 4.72 Å². The summed E-state index contributed by atoms with van der Waals surface area (Å²) in [7, 11) is -3.36. The highest BCUT2D eigenvalue weighted by atomic mass is 32.2. The quantitative estimate of drug-likeness (QED) is 0.597. The van der Waals surface area contributed by atoms with Crippen LogP contribution in [0.5, 0.6) is 0 Å². The molecule has 0 aliphatic carbocycles. The Morgan fingerprint density at radius 3 is 2.75 bits per heavy atom. The standard InChI is InChI=1S/C13H28N2O3S2/c1-19-10-5-3-2-4-8-14-20(17,18)15-9-6-7-13(11-15)12-16/h13-14,16H,2-12H2,1H3. The van der Waals surface area contributed by atoms with E-state index in [2.05, 4.69) is 11.0 Å². The average molecular weight is 325 g/mol. The average Bonchev–Trinajstić information content (AvgIpc) is 2.46. The lowest BCUT2D eigenvalue weighted by Crippen LogP contribution is -2.46. The zero-order valence-electron chi connectivity index (χ0n) is 12.4. The molecule has 7 heteroatoms. The van der Waals surface area contributed by atoms with Gasteiger partial charge >= 0.3 is 0 Å². The molecule has 20 heavy (non-hydrogen) atoms. The summed E-state index contributed by atoms with van der Waals surface area (Å²) >= 11 is 1.85. The second-order valence-corrected chi connectivity index (χ2v) is 8.10. The van der Waals surface area contributed by atoms with Crippen molar-refractivity contribution in [3.05, 3.63) is 0 Å². The number of nitrogens with zero attached hydrogens (tertiary/aromatic N) is 1. The second kappa shape index (κ2) is 10.00. The molecule has 1 atom stereocenters. The highest BCUT2D eigenvalue weighted by molar-refractivity contribution is 7.98. The van der Waals surface area contributed by atoms with Crippen molar-refractivity contribution in [2.75, 3.05) is 38.2 Å². The van der Waals surface area contributed by atoms with Gasteiger partial charge in [0.25, 0.3) is 10.2 Å². The van der Waals surface area contributed by atoms with Gasteiger partial charge in [0.2, 0.25) is 0 Å². The van der Waals surface area contributed by atoms with Gasteiger partial charge in [-0.1, -0.05) is 12.8 Å². The highest BCUT2D eigenvalue weighted by Gasteiger charge is 2.27. The molecule has 1 heterocycles. The van der Waals surface area contributed by atoms with Gasteiger partial charge in [-0.2, -0.15) is 24.5 Å². The van der Waals surface area contributed by atoms with E-state index in [9.17, 15) is 8.42 Å². The molecular weight excluding hydrogens is 296 g/mol.